The zero-order chi connectivity index (χ0) is 14.9. The fraction of sp³-hybridized carbons (Fsp3) is 0.0588. The number of benzene rings is 2. The minimum atomic E-state index is -0.403. The van der Waals surface area contributed by atoms with Gasteiger partial charge >= 0.3 is 5.97 Å². The second-order valence-corrected chi connectivity index (χ2v) is 4.90. The Labute approximate surface area is 125 Å². The summed E-state index contributed by atoms with van der Waals surface area (Å²) in [4.78, 5) is 19.5. The van der Waals surface area contributed by atoms with E-state index < -0.39 is 5.97 Å². The van der Waals surface area contributed by atoms with Gasteiger partial charge in [0.15, 0.2) is 12.2 Å². The van der Waals surface area contributed by atoms with Crippen molar-refractivity contribution < 1.29 is 13.9 Å². The molecular formula is C17H12N2O3. The van der Waals surface area contributed by atoms with Gasteiger partial charge in [-0.25, -0.2) is 9.78 Å². The van der Waals surface area contributed by atoms with Crippen molar-refractivity contribution in [3.63, 3.8) is 0 Å². The number of hydrogen-bond donors (Lipinski definition) is 1. The molecule has 22 heavy (non-hydrogen) atoms. The zero-order valence-corrected chi connectivity index (χ0v) is 11.6. The lowest BCUT2D eigenvalue weighted by Crippen LogP contribution is -2.04. The van der Waals surface area contributed by atoms with Crippen molar-refractivity contribution >= 4 is 28.0 Å². The molecule has 0 aliphatic carbocycles. The molecule has 0 unspecified atom stereocenters. The minimum Gasteiger partial charge on any atom is -0.452 e. The molecule has 5 nitrogen and oxygen atoms in total. The van der Waals surface area contributed by atoms with Crippen molar-refractivity contribution in [2.24, 2.45) is 0 Å². The van der Waals surface area contributed by atoms with Crippen LogP contribution in [-0.4, -0.2) is 15.9 Å². The SMILES string of the molecule is O=C(OCc1nc2ccccc2o1)c1c[nH]c2ccccc12. The molecule has 0 atom stereocenters. The van der Waals surface area contributed by atoms with Crippen LogP contribution in [0.5, 0.6) is 0 Å². The number of ether oxygens (including phenoxy) is 1. The number of hydrogen-bond acceptors (Lipinski definition) is 4. The minimum absolute atomic E-state index is 0.00696. The van der Waals surface area contributed by atoms with Crippen LogP contribution in [0.15, 0.2) is 59.1 Å². The molecule has 0 spiro atoms. The van der Waals surface area contributed by atoms with Gasteiger partial charge in [0.25, 0.3) is 0 Å². The van der Waals surface area contributed by atoms with Crippen molar-refractivity contribution in [1.82, 2.24) is 9.97 Å². The summed E-state index contributed by atoms with van der Waals surface area (Å²) in [5.41, 5.74) is 2.84. The average molecular weight is 292 g/mol. The lowest BCUT2D eigenvalue weighted by molar-refractivity contribution is 0.0442. The van der Waals surface area contributed by atoms with E-state index in [2.05, 4.69) is 9.97 Å². The normalized spacial score (nSPS) is 11.1. The van der Waals surface area contributed by atoms with Crippen molar-refractivity contribution in [2.45, 2.75) is 6.61 Å². The molecule has 0 fully saturated rings. The molecule has 108 valence electrons. The molecule has 1 N–H and O–H groups in total. The van der Waals surface area contributed by atoms with Gasteiger partial charge in [0, 0.05) is 17.1 Å². The van der Waals surface area contributed by atoms with E-state index in [-0.39, 0.29) is 6.61 Å². The molecule has 0 aliphatic rings. The number of carbonyl (C=O) groups is 1. The van der Waals surface area contributed by atoms with Crippen LogP contribution in [0.1, 0.15) is 16.2 Å². The van der Waals surface area contributed by atoms with Crippen molar-refractivity contribution in [3.8, 4) is 0 Å². The van der Waals surface area contributed by atoms with Gasteiger partial charge in [0.05, 0.1) is 5.56 Å². The second-order valence-electron chi connectivity index (χ2n) is 4.90. The molecule has 4 rings (SSSR count). The first kappa shape index (κ1) is 12.6. The third-order valence-corrected chi connectivity index (χ3v) is 3.47. The Morgan fingerprint density at radius 1 is 1.14 bits per heavy atom. The van der Waals surface area contributed by atoms with E-state index in [0.29, 0.717) is 17.0 Å². The number of aromatic nitrogens is 2. The molecular weight excluding hydrogens is 280 g/mol. The van der Waals surface area contributed by atoms with Crippen molar-refractivity contribution in [3.05, 3.63) is 66.2 Å². The summed E-state index contributed by atoms with van der Waals surface area (Å²) >= 11 is 0. The van der Waals surface area contributed by atoms with Crippen LogP contribution in [0.2, 0.25) is 0 Å². The van der Waals surface area contributed by atoms with Gasteiger partial charge in [-0.3, -0.25) is 0 Å². The van der Waals surface area contributed by atoms with Crippen LogP contribution in [0.4, 0.5) is 0 Å². The summed E-state index contributed by atoms with van der Waals surface area (Å²) < 4.78 is 10.8. The van der Waals surface area contributed by atoms with E-state index in [4.69, 9.17) is 9.15 Å². The molecule has 4 aromatic rings. The molecule has 5 heteroatoms. The zero-order valence-electron chi connectivity index (χ0n) is 11.6. The number of carbonyl (C=O) groups excluding carboxylic acids is 1. The maximum Gasteiger partial charge on any atom is 0.340 e. The van der Waals surface area contributed by atoms with E-state index in [1.807, 2.05) is 48.5 Å². The first-order chi connectivity index (χ1) is 10.8. The maximum absolute atomic E-state index is 12.2. The molecule has 0 aliphatic heterocycles. The molecule has 0 bridgehead atoms. The first-order valence-corrected chi connectivity index (χ1v) is 6.89. The third-order valence-electron chi connectivity index (χ3n) is 3.47. The van der Waals surface area contributed by atoms with Crippen LogP contribution in [-0.2, 0) is 11.3 Å². The standard InChI is InChI=1S/C17H12N2O3/c20-17(12-9-18-13-6-2-1-5-11(12)13)21-10-16-19-14-7-3-4-8-15(14)22-16/h1-9,18H,10H2. The van der Waals surface area contributed by atoms with Gasteiger partial charge in [0.1, 0.15) is 5.52 Å². The predicted molar refractivity (Wildman–Crippen MR) is 81.4 cm³/mol. The van der Waals surface area contributed by atoms with Crippen LogP contribution < -0.4 is 0 Å². The Kier molecular flexibility index (Phi) is 2.89. The number of H-pyrrole nitrogens is 1. The van der Waals surface area contributed by atoms with E-state index in [1.165, 1.54) is 0 Å². The van der Waals surface area contributed by atoms with Gasteiger partial charge in [-0.2, -0.15) is 0 Å². The predicted octanol–water partition coefficient (Wildman–Crippen LogP) is 3.67. The molecule has 0 radical (unpaired) electrons. The summed E-state index contributed by atoms with van der Waals surface area (Å²) in [5.74, 6) is -0.0194. The molecule has 0 amide bonds. The van der Waals surface area contributed by atoms with E-state index in [9.17, 15) is 4.79 Å². The summed E-state index contributed by atoms with van der Waals surface area (Å²) in [6.45, 7) is 0.00696. The van der Waals surface area contributed by atoms with E-state index >= 15 is 0 Å². The fourth-order valence-electron chi connectivity index (χ4n) is 2.43. The van der Waals surface area contributed by atoms with Gasteiger partial charge < -0.3 is 14.1 Å². The smallest absolute Gasteiger partial charge is 0.340 e. The Bertz CT molecular complexity index is 935. The lowest BCUT2D eigenvalue weighted by Gasteiger charge is -2.00. The molecule has 0 saturated carbocycles. The first-order valence-electron chi connectivity index (χ1n) is 6.89. The van der Waals surface area contributed by atoms with Crippen molar-refractivity contribution in [1.29, 1.82) is 0 Å². The highest BCUT2D eigenvalue weighted by atomic mass is 16.5. The Morgan fingerprint density at radius 3 is 2.86 bits per heavy atom. The Hall–Kier alpha value is -3.08. The van der Waals surface area contributed by atoms with Crippen LogP contribution in [0.3, 0.4) is 0 Å². The van der Waals surface area contributed by atoms with Crippen molar-refractivity contribution in [2.75, 3.05) is 0 Å². The monoisotopic (exact) mass is 292 g/mol. The average Bonchev–Trinajstić information content (AvgIpc) is 3.16. The highest BCUT2D eigenvalue weighted by Gasteiger charge is 2.14. The number of nitrogens with one attached hydrogen (secondary N) is 1. The molecule has 2 aromatic carbocycles. The number of esters is 1. The molecule has 2 heterocycles. The van der Waals surface area contributed by atoms with Crippen LogP contribution in [0, 0.1) is 0 Å². The van der Waals surface area contributed by atoms with Gasteiger partial charge in [-0.05, 0) is 18.2 Å². The number of oxazole rings is 1. The lowest BCUT2D eigenvalue weighted by atomic mass is 10.2. The Morgan fingerprint density at radius 2 is 1.95 bits per heavy atom. The van der Waals surface area contributed by atoms with E-state index in [1.54, 1.807) is 6.20 Å². The van der Waals surface area contributed by atoms with E-state index in [0.717, 1.165) is 16.4 Å². The number of nitrogens with zero attached hydrogens (tertiary/aromatic N) is 1. The number of fused-ring (bicyclic) bond motifs is 2. The Balaban J connectivity index is 1.54. The summed E-state index contributed by atoms with van der Waals surface area (Å²) in [7, 11) is 0. The van der Waals surface area contributed by atoms with Gasteiger partial charge in [-0.1, -0.05) is 30.3 Å². The van der Waals surface area contributed by atoms with Gasteiger partial charge in [0.2, 0.25) is 5.89 Å². The van der Waals surface area contributed by atoms with Crippen LogP contribution in [0.25, 0.3) is 22.0 Å². The maximum atomic E-state index is 12.2. The number of rotatable bonds is 3. The summed E-state index contributed by atoms with van der Waals surface area (Å²) in [5, 5.41) is 0.838. The third kappa shape index (κ3) is 2.13. The van der Waals surface area contributed by atoms with Gasteiger partial charge in [-0.15, -0.1) is 0 Å². The largest absolute Gasteiger partial charge is 0.452 e. The summed E-state index contributed by atoms with van der Waals surface area (Å²) in [6.07, 6.45) is 1.65. The topological polar surface area (TPSA) is 68.1 Å². The fourth-order valence-corrected chi connectivity index (χ4v) is 2.43. The molecule has 2 aromatic heterocycles. The molecule has 0 saturated heterocycles. The quantitative estimate of drug-likeness (QED) is 0.585. The summed E-state index contributed by atoms with van der Waals surface area (Å²) in [6, 6.07) is 15.0. The second kappa shape index (κ2) is 5.04. The van der Waals surface area contributed by atoms with Crippen LogP contribution >= 0.6 is 0 Å². The highest BCUT2D eigenvalue weighted by molar-refractivity contribution is 6.03. The number of para-hydroxylation sites is 3. The number of aromatic amines is 1. The highest BCUT2D eigenvalue weighted by Crippen LogP contribution is 2.20.